The lowest BCUT2D eigenvalue weighted by atomic mass is 9.68. The Morgan fingerprint density at radius 3 is 2.95 bits per heavy atom. The number of ether oxygens (including phenoxy) is 1. The van der Waals surface area contributed by atoms with E-state index in [1.807, 2.05) is 19.1 Å². The highest BCUT2D eigenvalue weighted by Crippen LogP contribution is 2.49. The van der Waals surface area contributed by atoms with E-state index in [0.717, 1.165) is 55.2 Å². The van der Waals surface area contributed by atoms with Crippen LogP contribution in [0.3, 0.4) is 0 Å². The van der Waals surface area contributed by atoms with Gasteiger partial charge in [-0.15, -0.1) is 0 Å². The predicted octanol–water partition coefficient (Wildman–Crippen LogP) is 2.19. The number of pyridine rings is 1. The van der Waals surface area contributed by atoms with Crippen LogP contribution in [-0.2, 0) is 4.74 Å². The van der Waals surface area contributed by atoms with Crippen LogP contribution in [0.4, 0.5) is 5.69 Å². The third-order valence-electron chi connectivity index (χ3n) is 4.53. The molecule has 1 aromatic heterocycles. The number of nitrogens with two attached hydrogens (primary N) is 1. The van der Waals surface area contributed by atoms with Crippen LogP contribution in [0, 0.1) is 6.92 Å². The molecule has 2 heterocycles. The molecule has 0 radical (unpaired) electrons. The van der Waals surface area contributed by atoms with Gasteiger partial charge in [0.05, 0.1) is 23.6 Å². The summed E-state index contributed by atoms with van der Waals surface area (Å²) in [6.45, 7) is 8.71. The summed E-state index contributed by atoms with van der Waals surface area (Å²) >= 11 is 0. The Labute approximate surface area is 120 Å². The van der Waals surface area contributed by atoms with Gasteiger partial charge in [0.2, 0.25) is 0 Å². The Kier molecular flexibility index (Phi) is 3.30. The number of aryl methyl sites for hydroxylation is 1. The maximum atomic E-state index is 6.23. The van der Waals surface area contributed by atoms with Crippen LogP contribution in [0.2, 0.25) is 0 Å². The average molecular weight is 273 g/mol. The maximum absolute atomic E-state index is 6.23. The van der Waals surface area contributed by atoms with Crippen molar-refractivity contribution in [2.24, 2.45) is 0 Å². The van der Waals surface area contributed by atoms with Gasteiger partial charge < -0.3 is 15.4 Å². The van der Waals surface area contributed by atoms with E-state index in [0.29, 0.717) is 5.92 Å². The molecule has 20 heavy (non-hydrogen) atoms. The lowest BCUT2D eigenvalue weighted by Gasteiger charge is -2.51. The zero-order valence-electron chi connectivity index (χ0n) is 12.4. The summed E-state index contributed by atoms with van der Waals surface area (Å²) < 4.78 is 6.02. The van der Waals surface area contributed by atoms with Crippen LogP contribution in [-0.4, -0.2) is 42.2 Å². The Hall–Kier alpha value is -1.39. The number of anilines is 1. The highest BCUT2D eigenvalue weighted by atomic mass is 16.5. The van der Waals surface area contributed by atoms with Crippen LogP contribution in [0.1, 0.15) is 35.7 Å². The predicted molar refractivity (Wildman–Crippen MR) is 81.6 cm³/mol. The number of rotatable bonds is 2. The van der Waals surface area contributed by atoms with E-state index in [9.17, 15) is 0 Å². The van der Waals surface area contributed by atoms with Crippen molar-refractivity contribution in [3.05, 3.63) is 29.6 Å². The number of morpholine rings is 1. The minimum atomic E-state index is 0.0316. The second kappa shape index (κ2) is 4.86. The lowest BCUT2D eigenvalue weighted by molar-refractivity contribution is -0.155. The second-order valence-corrected chi connectivity index (χ2v) is 6.23. The molecule has 1 aromatic rings. The first-order valence-corrected chi connectivity index (χ1v) is 7.25. The highest BCUT2D eigenvalue weighted by molar-refractivity contribution is 5.66. The number of hydrogen-bond acceptors (Lipinski definition) is 4. The molecule has 4 heteroatoms. The average Bonchev–Trinajstić information content (AvgIpc) is 2.38. The van der Waals surface area contributed by atoms with E-state index in [2.05, 4.69) is 23.5 Å². The van der Waals surface area contributed by atoms with Crippen molar-refractivity contribution >= 4 is 11.8 Å². The number of nitrogen functional groups attached to an aromatic ring is 1. The van der Waals surface area contributed by atoms with Crippen LogP contribution in [0.25, 0.3) is 6.08 Å². The van der Waals surface area contributed by atoms with Gasteiger partial charge in [-0.1, -0.05) is 12.7 Å². The van der Waals surface area contributed by atoms with E-state index >= 15 is 0 Å². The summed E-state index contributed by atoms with van der Waals surface area (Å²) in [6.07, 6.45) is 3.86. The molecule has 0 aromatic carbocycles. The number of likely N-dealkylation sites (N-methyl/N-ethyl adjacent to an activating group) is 1. The van der Waals surface area contributed by atoms with Gasteiger partial charge in [0.25, 0.3) is 0 Å². The Morgan fingerprint density at radius 2 is 2.30 bits per heavy atom. The van der Waals surface area contributed by atoms with Crippen molar-refractivity contribution in [2.75, 3.05) is 32.5 Å². The molecule has 1 saturated heterocycles. The summed E-state index contributed by atoms with van der Waals surface area (Å²) in [5, 5.41) is 0. The van der Waals surface area contributed by atoms with Crippen molar-refractivity contribution in [3.8, 4) is 0 Å². The van der Waals surface area contributed by atoms with E-state index in [1.165, 1.54) is 0 Å². The minimum Gasteiger partial charge on any atom is -0.397 e. The van der Waals surface area contributed by atoms with Crippen molar-refractivity contribution < 1.29 is 4.74 Å². The highest BCUT2D eigenvalue weighted by Gasteiger charge is 2.49. The quantitative estimate of drug-likeness (QED) is 0.897. The van der Waals surface area contributed by atoms with Crippen LogP contribution in [0.5, 0.6) is 0 Å². The largest absolute Gasteiger partial charge is 0.397 e. The summed E-state index contributed by atoms with van der Waals surface area (Å²) in [7, 11) is 2.16. The summed E-state index contributed by atoms with van der Waals surface area (Å²) in [4.78, 5) is 7.01. The second-order valence-electron chi connectivity index (χ2n) is 6.23. The Balaban J connectivity index is 1.80. The molecule has 108 valence electrons. The van der Waals surface area contributed by atoms with Gasteiger partial charge in [-0.2, -0.15) is 0 Å². The third kappa shape index (κ3) is 2.23. The van der Waals surface area contributed by atoms with Crippen molar-refractivity contribution in [1.29, 1.82) is 0 Å². The number of nitrogens with zero attached hydrogens (tertiary/aromatic N) is 2. The molecule has 3 rings (SSSR count). The molecule has 1 aliphatic carbocycles. The smallest absolute Gasteiger partial charge is 0.0822 e. The minimum absolute atomic E-state index is 0.0316. The first kappa shape index (κ1) is 13.6. The molecular weight excluding hydrogens is 250 g/mol. The first-order chi connectivity index (χ1) is 9.53. The van der Waals surface area contributed by atoms with Gasteiger partial charge in [0.15, 0.2) is 0 Å². The summed E-state index contributed by atoms with van der Waals surface area (Å²) in [5.41, 5.74) is 10.1. The normalized spacial score (nSPS) is 30.2. The van der Waals surface area contributed by atoms with Gasteiger partial charge in [-0.3, -0.25) is 4.98 Å². The fourth-order valence-corrected chi connectivity index (χ4v) is 3.53. The van der Waals surface area contributed by atoms with Crippen LogP contribution >= 0.6 is 0 Å². The van der Waals surface area contributed by atoms with Crippen molar-refractivity contribution in [3.63, 3.8) is 0 Å². The van der Waals surface area contributed by atoms with Gasteiger partial charge in [0.1, 0.15) is 0 Å². The van der Waals surface area contributed by atoms with Gasteiger partial charge >= 0.3 is 0 Å². The Morgan fingerprint density at radius 1 is 1.55 bits per heavy atom. The third-order valence-corrected chi connectivity index (χ3v) is 4.53. The zero-order chi connectivity index (χ0) is 14.3. The van der Waals surface area contributed by atoms with E-state index in [1.54, 1.807) is 0 Å². The molecule has 1 spiro atoms. The molecule has 0 bridgehead atoms. The monoisotopic (exact) mass is 273 g/mol. The SMILES string of the molecule is C=Cc1cc(C)nc(C2CC3(C2)CN(C)CCO3)c1N. The fourth-order valence-electron chi connectivity index (χ4n) is 3.53. The molecule has 1 aliphatic heterocycles. The Bertz CT molecular complexity index is 535. The summed E-state index contributed by atoms with van der Waals surface area (Å²) in [6, 6.07) is 1.99. The molecule has 0 amide bonds. The van der Waals surface area contributed by atoms with Crippen molar-refractivity contribution in [1.82, 2.24) is 9.88 Å². The number of aromatic nitrogens is 1. The fraction of sp³-hybridized carbons (Fsp3) is 0.562. The van der Waals surface area contributed by atoms with Gasteiger partial charge in [0, 0.05) is 30.3 Å². The van der Waals surface area contributed by atoms with E-state index in [4.69, 9.17) is 10.5 Å². The molecule has 1 saturated carbocycles. The first-order valence-electron chi connectivity index (χ1n) is 7.25. The van der Waals surface area contributed by atoms with E-state index in [-0.39, 0.29) is 5.60 Å². The standard InChI is InChI=1S/C16H23N3O/c1-4-12-7-11(2)18-15(14(12)17)13-8-16(9-13)10-19(3)5-6-20-16/h4,7,13H,1,5-6,8-10,17H2,2-3H3. The molecule has 2 aliphatic rings. The zero-order valence-corrected chi connectivity index (χ0v) is 12.4. The number of hydrogen-bond donors (Lipinski definition) is 1. The molecule has 0 unspecified atom stereocenters. The van der Waals surface area contributed by atoms with Gasteiger partial charge in [-0.05, 0) is 32.9 Å². The molecule has 2 fully saturated rings. The van der Waals surface area contributed by atoms with Crippen LogP contribution in [0.15, 0.2) is 12.6 Å². The summed E-state index contributed by atoms with van der Waals surface area (Å²) in [5.74, 6) is 0.417. The molecule has 4 nitrogen and oxygen atoms in total. The van der Waals surface area contributed by atoms with Crippen LogP contribution < -0.4 is 5.73 Å². The van der Waals surface area contributed by atoms with E-state index < -0.39 is 0 Å². The topological polar surface area (TPSA) is 51.4 Å². The van der Waals surface area contributed by atoms with Gasteiger partial charge in [-0.25, -0.2) is 0 Å². The lowest BCUT2D eigenvalue weighted by Crippen LogP contribution is -2.57. The molecular formula is C16H23N3O. The molecule has 2 N–H and O–H groups in total. The maximum Gasteiger partial charge on any atom is 0.0822 e. The van der Waals surface area contributed by atoms with Crippen molar-refractivity contribution in [2.45, 2.75) is 31.3 Å². The molecule has 0 atom stereocenters.